The van der Waals surface area contributed by atoms with Gasteiger partial charge in [0.1, 0.15) is 11.1 Å². The van der Waals surface area contributed by atoms with E-state index in [9.17, 15) is 17.2 Å². The summed E-state index contributed by atoms with van der Waals surface area (Å²) in [7, 11) is -3.73. The molecule has 23 heavy (non-hydrogen) atoms. The summed E-state index contributed by atoms with van der Waals surface area (Å²) in [6.45, 7) is 0.192. The van der Waals surface area contributed by atoms with Gasteiger partial charge in [-0.05, 0) is 17.7 Å². The highest BCUT2D eigenvalue weighted by Crippen LogP contribution is 2.40. The normalized spacial score (nSPS) is 24.4. The van der Waals surface area contributed by atoms with Gasteiger partial charge < -0.3 is 4.74 Å². The third kappa shape index (κ3) is 2.26. The summed E-state index contributed by atoms with van der Waals surface area (Å²) in [5.41, 5.74) is 0.534. The van der Waals surface area contributed by atoms with E-state index in [1.54, 1.807) is 6.07 Å². The number of alkyl halides is 1. The van der Waals surface area contributed by atoms with Crippen LogP contribution >= 0.6 is 0 Å². The number of hydrogen-bond acceptors (Lipinski definition) is 5. The van der Waals surface area contributed by atoms with Crippen LogP contribution in [0, 0.1) is 5.82 Å². The van der Waals surface area contributed by atoms with Crippen LogP contribution in [-0.4, -0.2) is 41.6 Å². The number of rotatable bonds is 3. The Morgan fingerprint density at radius 2 is 2.09 bits per heavy atom. The van der Waals surface area contributed by atoms with Crippen molar-refractivity contribution in [2.24, 2.45) is 0 Å². The van der Waals surface area contributed by atoms with Crippen LogP contribution in [0.5, 0.6) is 0 Å². The van der Waals surface area contributed by atoms with Crippen LogP contribution in [0.4, 0.5) is 8.78 Å². The van der Waals surface area contributed by atoms with Crippen molar-refractivity contribution in [1.29, 1.82) is 0 Å². The lowest BCUT2D eigenvalue weighted by Crippen LogP contribution is -2.41. The molecule has 2 aromatic rings. The highest BCUT2D eigenvalue weighted by molar-refractivity contribution is 7.92. The van der Waals surface area contributed by atoms with Crippen LogP contribution in [0.1, 0.15) is 30.0 Å². The van der Waals surface area contributed by atoms with Crippen molar-refractivity contribution in [2.75, 3.05) is 13.2 Å². The molecule has 0 N–H and O–H groups in total. The Morgan fingerprint density at radius 1 is 1.30 bits per heavy atom. The Morgan fingerprint density at radius 3 is 2.74 bits per heavy atom. The molecule has 2 atom stereocenters. The van der Waals surface area contributed by atoms with Crippen LogP contribution in [0.2, 0.25) is 0 Å². The smallest absolute Gasteiger partial charge is 0.267 e. The molecule has 0 saturated carbocycles. The maximum Gasteiger partial charge on any atom is 0.267 e. The van der Waals surface area contributed by atoms with Gasteiger partial charge in [0, 0.05) is 6.42 Å². The number of hydrogen-bond donors (Lipinski definition) is 0. The van der Waals surface area contributed by atoms with Crippen LogP contribution in [0.25, 0.3) is 0 Å². The monoisotopic (exact) mass is 341 g/mol. The van der Waals surface area contributed by atoms with Crippen molar-refractivity contribution in [2.45, 2.75) is 29.0 Å². The number of nitrogens with zero attached hydrogens (tertiary/aromatic N) is 3. The number of fused-ring (bicyclic) bond motifs is 1. The molecule has 1 saturated heterocycles. The minimum absolute atomic E-state index is 0.0296. The predicted molar refractivity (Wildman–Crippen MR) is 74.8 cm³/mol. The van der Waals surface area contributed by atoms with Crippen molar-refractivity contribution in [3.8, 4) is 0 Å². The second kappa shape index (κ2) is 5.07. The topological polar surface area (TPSA) is 74.1 Å². The molecule has 2 aliphatic rings. The van der Waals surface area contributed by atoms with E-state index in [1.165, 1.54) is 22.9 Å². The third-order valence-electron chi connectivity index (χ3n) is 4.18. The van der Waals surface area contributed by atoms with Crippen molar-refractivity contribution in [1.82, 2.24) is 14.8 Å². The van der Waals surface area contributed by atoms with Crippen molar-refractivity contribution >= 4 is 9.84 Å². The molecule has 1 aromatic carbocycles. The standard InChI is InChI=1S/C14H13F2N3O3S/c15-9-3-1-2-8(4-9)12-5-11(16)13-17-14(18-19(12)13)23(20,21)10-6-22-7-10/h1-4,10-12H,5-7H2/t11-,12-/m0/s1. The Balaban J connectivity index is 1.75. The van der Waals surface area contributed by atoms with Crippen molar-refractivity contribution in [3.63, 3.8) is 0 Å². The first-order chi connectivity index (χ1) is 11.0. The minimum Gasteiger partial charge on any atom is -0.379 e. The average molecular weight is 341 g/mol. The first-order valence-electron chi connectivity index (χ1n) is 7.14. The van der Waals surface area contributed by atoms with Crippen LogP contribution in [0.3, 0.4) is 0 Å². The largest absolute Gasteiger partial charge is 0.379 e. The van der Waals surface area contributed by atoms with Gasteiger partial charge in [-0.1, -0.05) is 12.1 Å². The van der Waals surface area contributed by atoms with Gasteiger partial charge in [-0.15, -0.1) is 5.10 Å². The molecule has 1 aromatic heterocycles. The SMILES string of the molecule is O=S(=O)(c1nc2n(n1)[C@H](c1cccc(F)c1)C[C@@H]2F)C1COC1. The molecule has 0 amide bonds. The Bertz CT molecular complexity index is 864. The summed E-state index contributed by atoms with van der Waals surface area (Å²) >= 11 is 0. The van der Waals surface area contributed by atoms with E-state index >= 15 is 0 Å². The molecule has 0 spiro atoms. The van der Waals surface area contributed by atoms with Crippen molar-refractivity contribution in [3.05, 3.63) is 41.5 Å². The molecule has 6 nitrogen and oxygen atoms in total. The van der Waals surface area contributed by atoms with Gasteiger partial charge >= 0.3 is 0 Å². The first kappa shape index (κ1) is 14.7. The zero-order valence-corrected chi connectivity index (χ0v) is 12.7. The average Bonchev–Trinajstić information content (AvgIpc) is 2.98. The Kier molecular flexibility index (Phi) is 3.24. The van der Waals surface area contributed by atoms with Gasteiger partial charge in [-0.25, -0.2) is 21.9 Å². The molecular weight excluding hydrogens is 328 g/mol. The lowest BCUT2D eigenvalue weighted by Gasteiger charge is -2.24. The fraction of sp³-hybridized carbons (Fsp3) is 0.429. The van der Waals surface area contributed by atoms with E-state index in [-0.39, 0.29) is 30.6 Å². The molecule has 0 unspecified atom stereocenters. The number of ether oxygens (including phenoxy) is 1. The van der Waals surface area contributed by atoms with Gasteiger partial charge in [-0.3, -0.25) is 0 Å². The summed E-state index contributed by atoms with van der Waals surface area (Å²) in [5, 5.41) is 2.93. The molecule has 0 radical (unpaired) electrons. The Hall–Kier alpha value is -1.87. The second-order valence-electron chi connectivity index (χ2n) is 5.68. The zero-order chi connectivity index (χ0) is 16.2. The van der Waals surface area contributed by atoms with Gasteiger partial charge in [0.25, 0.3) is 5.16 Å². The molecule has 0 bridgehead atoms. The zero-order valence-electron chi connectivity index (χ0n) is 11.9. The molecule has 0 aliphatic carbocycles. The highest BCUT2D eigenvalue weighted by atomic mass is 32.2. The molecule has 3 heterocycles. The molecule has 2 aliphatic heterocycles. The lowest BCUT2D eigenvalue weighted by atomic mass is 10.0. The van der Waals surface area contributed by atoms with Gasteiger partial charge in [-0.2, -0.15) is 4.98 Å². The van der Waals surface area contributed by atoms with E-state index in [1.807, 2.05) is 0 Å². The summed E-state index contributed by atoms with van der Waals surface area (Å²) in [6, 6.07) is 5.20. The fourth-order valence-electron chi connectivity index (χ4n) is 2.81. The van der Waals surface area contributed by atoms with Crippen LogP contribution in [0.15, 0.2) is 29.4 Å². The molecule has 4 rings (SSSR count). The van der Waals surface area contributed by atoms with Gasteiger partial charge in [0.15, 0.2) is 12.0 Å². The van der Waals surface area contributed by atoms with Crippen LogP contribution < -0.4 is 0 Å². The summed E-state index contributed by atoms with van der Waals surface area (Å²) < 4.78 is 58.4. The van der Waals surface area contributed by atoms with E-state index in [2.05, 4.69) is 10.1 Å². The second-order valence-corrected chi connectivity index (χ2v) is 7.80. The van der Waals surface area contributed by atoms with E-state index in [0.29, 0.717) is 5.56 Å². The van der Waals surface area contributed by atoms with Gasteiger partial charge in [0.2, 0.25) is 9.84 Å². The molecule has 1 fully saturated rings. The lowest BCUT2D eigenvalue weighted by molar-refractivity contribution is 0.0414. The number of halogens is 2. The van der Waals surface area contributed by atoms with E-state index < -0.39 is 33.1 Å². The number of aromatic nitrogens is 3. The number of benzene rings is 1. The third-order valence-corrected chi connectivity index (χ3v) is 6.01. The molecule has 122 valence electrons. The predicted octanol–water partition coefficient (Wildman–Crippen LogP) is 1.59. The number of sulfone groups is 1. The summed E-state index contributed by atoms with van der Waals surface area (Å²) in [6.07, 6.45) is -1.37. The van der Waals surface area contributed by atoms with Gasteiger partial charge in [0.05, 0.1) is 19.3 Å². The van der Waals surface area contributed by atoms with E-state index in [0.717, 1.165) is 0 Å². The maximum absolute atomic E-state index is 14.2. The molecule has 9 heteroatoms. The summed E-state index contributed by atoms with van der Waals surface area (Å²) in [4.78, 5) is 3.88. The van der Waals surface area contributed by atoms with Crippen LogP contribution in [-0.2, 0) is 14.6 Å². The quantitative estimate of drug-likeness (QED) is 0.848. The maximum atomic E-state index is 14.2. The Labute approximate surface area is 131 Å². The fourth-order valence-corrected chi connectivity index (χ4v) is 4.08. The summed E-state index contributed by atoms with van der Waals surface area (Å²) in [5.74, 6) is -0.469. The first-order valence-corrected chi connectivity index (χ1v) is 8.69. The van der Waals surface area contributed by atoms with E-state index in [4.69, 9.17) is 4.74 Å². The molecular formula is C14H13F2N3O3S. The van der Waals surface area contributed by atoms with Crippen molar-refractivity contribution < 1.29 is 21.9 Å². The minimum atomic E-state index is -3.73. The highest BCUT2D eigenvalue weighted by Gasteiger charge is 2.41.